The summed E-state index contributed by atoms with van der Waals surface area (Å²) < 4.78 is 0. The zero-order chi connectivity index (χ0) is 18.0. The smallest absolute Gasteiger partial charge is 0.327 e. The quantitative estimate of drug-likeness (QED) is 0.581. The van der Waals surface area contributed by atoms with Gasteiger partial charge in [0.2, 0.25) is 5.91 Å². The minimum atomic E-state index is -0.698. The lowest BCUT2D eigenvalue weighted by molar-refractivity contribution is -0.141. The van der Waals surface area contributed by atoms with Gasteiger partial charge in [0.25, 0.3) is 5.91 Å². The first-order valence-electron chi connectivity index (χ1n) is 9.83. The Morgan fingerprint density at radius 1 is 1.04 bits per heavy atom. The highest BCUT2D eigenvalue weighted by atomic mass is 16.2. The van der Waals surface area contributed by atoms with E-state index in [4.69, 9.17) is 0 Å². The molecule has 6 nitrogen and oxygen atoms in total. The van der Waals surface area contributed by atoms with E-state index in [1.165, 1.54) is 17.7 Å². The van der Waals surface area contributed by atoms with E-state index in [1.807, 2.05) is 7.05 Å². The van der Waals surface area contributed by atoms with E-state index < -0.39 is 5.54 Å². The largest absolute Gasteiger partial charge is 0.341 e. The number of imide groups is 1. The predicted molar refractivity (Wildman–Crippen MR) is 94.9 cm³/mol. The van der Waals surface area contributed by atoms with Gasteiger partial charge in [0.05, 0.1) is 0 Å². The van der Waals surface area contributed by atoms with Gasteiger partial charge in [-0.2, -0.15) is 0 Å². The van der Waals surface area contributed by atoms with Crippen molar-refractivity contribution in [2.45, 2.75) is 82.2 Å². The molecule has 0 aromatic rings. The molecule has 3 rings (SSSR count). The second kappa shape index (κ2) is 7.34. The summed E-state index contributed by atoms with van der Waals surface area (Å²) in [5.41, 5.74) is -0.698. The van der Waals surface area contributed by atoms with Crippen molar-refractivity contribution in [1.29, 1.82) is 0 Å². The zero-order valence-corrected chi connectivity index (χ0v) is 15.6. The third kappa shape index (κ3) is 3.27. The van der Waals surface area contributed by atoms with Gasteiger partial charge in [0.1, 0.15) is 12.1 Å². The van der Waals surface area contributed by atoms with Crippen LogP contribution in [-0.2, 0) is 9.59 Å². The first kappa shape index (κ1) is 18.2. The molecule has 0 N–H and O–H groups in total. The summed E-state index contributed by atoms with van der Waals surface area (Å²) in [5.74, 6) is -0.280. The predicted octanol–water partition coefficient (Wildman–Crippen LogP) is 2.76. The van der Waals surface area contributed by atoms with Gasteiger partial charge in [0.15, 0.2) is 0 Å². The van der Waals surface area contributed by atoms with Crippen LogP contribution in [-0.4, -0.2) is 64.8 Å². The van der Waals surface area contributed by atoms with Gasteiger partial charge in [-0.05, 0) is 25.7 Å². The SMILES string of the molecule is CN(C(=O)CN1C(=O)N(C)C2(CCCCC2)C1=O)C1CCCCCC1. The van der Waals surface area contributed by atoms with E-state index in [0.29, 0.717) is 0 Å². The van der Waals surface area contributed by atoms with Crippen LogP contribution in [0.3, 0.4) is 0 Å². The molecule has 0 aromatic heterocycles. The highest BCUT2D eigenvalue weighted by Crippen LogP contribution is 2.39. The van der Waals surface area contributed by atoms with E-state index in [2.05, 4.69) is 0 Å². The Labute approximate surface area is 150 Å². The molecule has 0 aromatic carbocycles. The number of carbonyl (C=O) groups is 3. The average Bonchev–Trinajstić information content (AvgIpc) is 2.87. The number of nitrogens with zero attached hydrogens (tertiary/aromatic N) is 3. The van der Waals surface area contributed by atoms with Gasteiger partial charge in [-0.25, -0.2) is 4.79 Å². The van der Waals surface area contributed by atoms with Crippen LogP contribution in [0.2, 0.25) is 0 Å². The molecular weight excluding hydrogens is 318 g/mol. The van der Waals surface area contributed by atoms with Crippen LogP contribution in [0.15, 0.2) is 0 Å². The summed E-state index contributed by atoms with van der Waals surface area (Å²) in [6.07, 6.45) is 11.3. The molecule has 4 amide bonds. The van der Waals surface area contributed by atoms with Crippen LogP contribution in [0, 0.1) is 0 Å². The van der Waals surface area contributed by atoms with Crippen LogP contribution in [0.1, 0.15) is 70.6 Å². The van der Waals surface area contributed by atoms with Crippen molar-refractivity contribution < 1.29 is 14.4 Å². The van der Waals surface area contributed by atoms with Crippen LogP contribution < -0.4 is 0 Å². The molecule has 6 heteroatoms. The van der Waals surface area contributed by atoms with Gasteiger partial charge < -0.3 is 9.80 Å². The van der Waals surface area contributed by atoms with Crippen LogP contribution >= 0.6 is 0 Å². The minimum Gasteiger partial charge on any atom is -0.341 e. The Bertz CT molecular complexity index is 534. The lowest BCUT2D eigenvalue weighted by Crippen LogP contribution is -2.50. The van der Waals surface area contributed by atoms with E-state index in [9.17, 15) is 14.4 Å². The molecule has 3 aliphatic rings. The Morgan fingerprint density at radius 3 is 2.20 bits per heavy atom. The maximum absolute atomic E-state index is 13.0. The third-order valence-electron chi connectivity index (χ3n) is 6.54. The van der Waals surface area contributed by atoms with E-state index >= 15 is 0 Å². The van der Waals surface area contributed by atoms with Gasteiger partial charge in [-0.15, -0.1) is 0 Å². The molecule has 0 radical (unpaired) electrons. The summed E-state index contributed by atoms with van der Waals surface area (Å²) in [7, 11) is 3.54. The topological polar surface area (TPSA) is 60.9 Å². The fourth-order valence-corrected chi connectivity index (χ4v) is 4.77. The van der Waals surface area contributed by atoms with Crippen molar-refractivity contribution >= 4 is 17.8 Å². The van der Waals surface area contributed by atoms with Crippen molar-refractivity contribution in [3.05, 3.63) is 0 Å². The van der Waals surface area contributed by atoms with Crippen molar-refractivity contribution in [3.8, 4) is 0 Å². The number of hydrogen-bond acceptors (Lipinski definition) is 3. The van der Waals surface area contributed by atoms with Gasteiger partial charge in [0, 0.05) is 20.1 Å². The normalized spacial score (nSPS) is 24.7. The molecule has 0 unspecified atom stereocenters. The highest BCUT2D eigenvalue weighted by molar-refractivity contribution is 6.08. The lowest BCUT2D eigenvalue weighted by atomic mass is 9.81. The summed E-state index contributed by atoms with van der Waals surface area (Å²) >= 11 is 0. The number of carbonyl (C=O) groups excluding carboxylic acids is 3. The molecule has 0 atom stereocenters. The summed E-state index contributed by atoms with van der Waals surface area (Å²) in [6, 6.07) is -0.0707. The maximum Gasteiger partial charge on any atom is 0.327 e. The number of urea groups is 1. The minimum absolute atomic E-state index is 0.114. The molecule has 1 spiro atoms. The first-order valence-corrected chi connectivity index (χ1v) is 9.83. The second-order valence-corrected chi connectivity index (χ2v) is 7.98. The van der Waals surface area contributed by atoms with E-state index in [-0.39, 0.29) is 30.4 Å². The van der Waals surface area contributed by atoms with Crippen LogP contribution in [0.5, 0.6) is 0 Å². The number of amides is 4. The fourth-order valence-electron chi connectivity index (χ4n) is 4.77. The van der Waals surface area contributed by atoms with Crippen LogP contribution in [0.25, 0.3) is 0 Å². The van der Waals surface area contributed by atoms with Crippen molar-refractivity contribution in [1.82, 2.24) is 14.7 Å². The lowest BCUT2D eigenvalue weighted by Gasteiger charge is -2.35. The number of likely N-dealkylation sites (N-methyl/N-ethyl adjacent to an activating group) is 2. The first-order chi connectivity index (χ1) is 12.0. The van der Waals surface area contributed by atoms with Gasteiger partial charge in [-0.1, -0.05) is 44.9 Å². The van der Waals surface area contributed by atoms with E-state index in [0.717, 1.165) is 57.8 Å². The molecule has 25 heavy (non-hydrogen) atoms. The van der Waals surface area contributed by atoms with Gasteiger partial charge >= 0.3 is 6.03 Å². The Balaban J connectivity index is 1.68. The highest BCUT2D eigenvalue weighted by Gasteiger charge is 2.56. The molecular formula is C19H31N3O3. The molecule has 3 fully saturated rings. The molecule has 2 aliphatic carbocycles. The molecule has 140 valence electrons. The van der Waals surface area contributed by atoms with Crippen molar-refractivity contribution in [3.63, 3.8) is 0 Å². The molecule has 2 saturated carbocycles. The number of hydrogen-bond donors (Lipinski definition) is 0. The second-order valence-electron chi connectivity index (χ2n) is 7.98. The molecule has 1 heterocycles. The average molecular weight is 349 g/mol. The molecule has 0 bridgehead atoms. The Kier molecular flexibility index (Phi) is 5.35. The van der Waals surface area contributed by atoms with Crippen molar-refractivity contribution in [2.75, 3.05) is 20.6 Å². The molecule has 1 saturated heterocycles. The fraction of sp³-hybridized carbons (Fsp3) is 0.842. The number of rotatable bonds is 3. The summed E-state index contributed by atoms with van der Waals surface area (Å²) in [6.45, 7) is -0.114. The Morgan fingerprint density at radius 2 is 1.60 bits per heavy atom. The summed E-state index contributed by atoms with van der Waals surface area (Å²) in [5, 5.41) is 0. The van der Waals surface area contributed by atoms with E-state index in [1.54, 1.807) is 16.8 Å². The maximum atomic E-state index is 13.0. The monoisotopic (exact) mass is 349 g/mol. The third-order valence-corrected chi connectivity index (χ3v) is 6.54. The standard InChI is InChI=1S/C19H31N3O3/c1-20(15-10-6-3-4-7-11-15)16(23)14-22-17(24)19(21(2)18(22)25)12-8-5-9-13-19/h15H,3-14H2,1-2H3. The molecule has 1 aliphatic heterocycles. The van der Waals surface area contributed by atoms with Crippen molar-refractivity contribution in [2.24, 2.45) is 0 Å². The summed E-state index contributed by atoms with van der Waals surface area (Å²) in [4.78, 5) is 42.9. The Hall–Kier alpha value is -1.59. The van der Waals surface area contributed by atoms with Crippen LogP contribution in [0.4, 0.5) is 4.79 Å². The zero-order valence-electron chi connectivity index (χ0n) is 15.6. The van der Waals surface area contributed by atoms with Gasteiger partial charge in [-0.3, -0.25) is 14.5 Å².